The van der Waals surface area contributed by atoms with Crippen LogP contribution in [0.2, 0.25) is 0 Å². The standard InChI is InChI=1S/C16H24O3/c1-5-15(2,3)19-14(17)13-16(4,18-13)12-9-10-6-7-11(12)8-10/h6-7,10-13H,5,8-9H2,1-4H3. The second-order valence-corrected chi connectivity index (χ2v) is 7.10. The van der Waals surface area contributed by atoms with Gasteiger partial charge in [-0.2, -0.15) is 0 Å². The largest absolute Gasteiger partial charge is 0.458 e. The van der Waals surface area contributed by atoms with Crippen LogP contribution < -0.4 is 0 Å². The minimum atomic E-state index is -0.390. The maximum Gasteiger partial charge on any atom is 0.338 e. The molecule has 0 spiro atoms. The van der Waals surface area contributed by atoms with Gasteiger partial charge in [0.2, 0.25) is 0 Å². The van der Waals surface area contributed by atoms with E-state index >= 15 is 0 Å². The monoisotopic (exact) mass is 264 g/mol. The first-order valence-electron chi connectivity index (χ1n) is 7.45. The van der Waals surface area contributed by atoms with E-state index in [9.17, 15) is 4.79 Å². The van der Waals surface area contributed by atoms with E-state index in [0.717, 1.165) is 6.42 Å². The van der Waals surface area contributed by atoms with Gasteiger partial charge in [-0.15, -0.1) is 0 Å². The van der Waals surface area contributed by atoms with Crippen molar-refractivity contribution in [3.05, 3.63) is 12.2 Å². The third-order valence-corrected chi connectivity index (χ3v) is 5.29. The maximum absolute atomic E-state index is 12.2. The average Bonchev–Trinajstić information content (AvgIpc) is 2.76. The van der Waals surface area contributed by atoms with E-state index in [4.69, 9.17) is 9.47 Å². The van der Waals surface area contributed by atoms with Crippen LogP contribution in [0.4, 0.5) is 0 Å². The summed E-state index contributed by atoms with van der Waals surface area (Å²) in [6, 6.07) is 0. The second-order valence-electron chi connectivity index (χ2n) is 7.10. The molecule has 3 nitrogen and oxygen atoms in total. The molecule has 3 heteroatoms. The van der Waals surface area contributed by atoms with Crippen LogP contribution in [0.1, 0.15) is 47.0 Å². The molecule has 2 fully saturated rings. The molecular formula is C16H24O3. The van der Waals surface area contributed by atoms with Gasteiger partial charge in [0, 0.05) is 0 Å². The topological polar surface area (TPSA) is 38.8 Å². The Morgan fingerprint density at radius 1 is 1.42 bits per heavy atom. The second kappa shape index (κ2) is 4.08. The van der Waals surface area contributed by atoms with Gasteiger partial charge >= 0.3 is 5.97 Å². The molecule has 3 aliphatic rings. The van der Waals surface area contributed by atoms with Crippen LogP contribution in [-0.2, 0) is 14.3 Å². The van der Waals surface area contributed by atoms with Crippen molar-refractivity contribution in [2.24, 2.45) is 17.8 Å². The number of fused-ring (bicyclic) bond motifs is 2. The fourth-order valence-corrected chi connectivity index (χ4v) is 3.62. The number of allylic oxidation sites excluding steroid dienone is 2. The lowest BCUT2D eigenvalue weighted by molar-refractivity contribution is -0.158. The third-order valence-electron chi connectivity index (χ3n) is 5.29. The van der Waals surface area contributed by atoms with Gasteiger partial charge in [-0.05, 0) is 57.8 Å². The highest BCUT2D eigenvalue weighted by Gasteiger charge is 2.65. The van der Waals surface area contributed by atoms with E-state index in [1.165, 1.54) is 12.8 Å². The Hall–Kier alpha value is -0.830. The molecule has 0 N–H and O–H groups in total. The smallest absolute Gasteiger partial charge is 0.338 e. The summed E-state index contributed by atoms with van der Waals surface area (Å²) in [5, 5.41) is 0. The molecule has 0 aromatic carbocycles. The van der Waals surface area contributed by atoms with Crippen LogP contribution >= 0.6 is 0 Å². The molecule has 1 heterocycles. The summed E-state index contributed by atoms with van der Waals surface area (Å²) in [6.07, 6.45) is 7.50. The SMILES string of the molecule is CCC(C)(C)OC(=O)C1OC1(C)C1CC2C=CC1C2. The Morgan fingerprint density at radius 3 is 2.68 bits per heavy atom. The molecule has 0 aromatic rings. The molecule has 19 heavy (non-hydrogen) atoms. The summed E-state index contributed by atoms with van der Waals surface area (Å²) in [7, 11) is 0. The van der Waals surface area contributed by atoms with Gasteiger partial charge in [-0.3, -0.25) is 0 Å². The highest BCUT2D eigenvalue weighted by Crippen LogP contribution is 2.56. The van der Waals surface area contributed by atoms with Crippen LogP contribution in [-0.4, -0.2) is 23.3 Å². The lowest BCUT2D eigenvalue weighted by Crippen LogP contribution is -2.34. The van der Waals surface area contributed by atoms with E-state index in [2.05, 4.69) is 19.1 Å². The van der Waals surface area contributed by atoms with Crippen LogP contribution in [0.3, 0.4) is 0 Å². The van der Waals surface area contributed by atoms with Crippen LogP contribution in [0, 0.1) is 17.8 Å². The molecule has 0 radical (unpaired) electrons. The zero-order valence-corrected chi connectivity index (χ0v) is 12.3. The molecule has 106 valence electrons. The molecule has 1 aliphatic heterocycles. The highest BCUT2D eigenvalue weighted by atomic mass is 16.7. The van der Waals surface area contributed by atoms with Gasteiger partial charge in [0.05, 0.1) is 0 Å². The summed E-state index contributed by atoms with van der Waals surface area (Å²) in [5.74, 6) is 1.62. The predicted octanol–water partition coefficient (Wildman–Crippen LogP) is 3.09. The predicted molar refractivity (Wildman–Crippen MR) is 72.6 cm³/mol. The van der Waals surface area contributed by atoms with Crippen molar-refractivity contribution in [2.45, 2.75) is 64.3 Å². The fraction of sp³-hybridized carbons (Fsp3) is 0.812. The van der Waals surface area contributed by atoms with Gasteiger partial charge in [0.1, 0.15) is 11.2 Å². The van der Waals surface area contributed by atoms with Crippen molar-refractivity contribution >= 4 is 5.97 Å². The number of hydrogen-bond acceptors (Lipinski definition) is 3. The lowest BCUT2D eigenvalue weighted by Gasteiger charge is -2.25. The molecule has 2 bridgehead atoms. The lowest BCUT2D eigenvalue weighted by atomic mass is 9.81. The molecule has 1 saturated carbocycles. The van der Waals surface area contributed by atoms with Gasteiger partial charge < -0.3 is 9.47 Å². The number of carbonyl (C=O) groups is 1. The van der Waals surface area contributed by atoms with E-state index in [0.29, 0.717) is 17.8 Å². The van der Waals surface area contributed by atoms with Gasteiger partial charge in [-0.1, -0.05) is 19.1 Å². The first kappa shape index (κ1) is 13.2. The Morgan fingerprint density at radius 2 is 2.16 bits per heavy atom. The quantitative estimate of drug-likeness (QED) is 0.445. The number of epoxide rings is 1. The number of rotatable bonds is 4. The first-order valence-corrected chi connectivity index (χ1v) is 7.45. The summed E-state index contributed by atoms with van der Waals surface area (Å²) in [4.78, 5) is 12.2. The molecule has 1 saturated heterocycles. The van der Waals surface area contributed by atoms with E-state index in [-0.39, 0.29) is 17.7 Å². The summed E-state index contributed by atoms with van der Waals surface area (Å²) >= 11 is 0. The summed E-state index contributed by atoms with van der Waals surface area (Å²) in [6.45, 7) is 8.01. The van der Waals surface area contributed by atoms with E-state index in [1.54, 1.807) is 0 Å². The molecule has 3 rings (SSSR count). The zero-order valence-electron chi connectivity index (χ0n) is 12.3. The van der Waals surface area contributed by atoms with Gasteiger partial charge in [0.15, 0.2) is 6.10 Å². The van der Waals surface area contributed by atoms with Crippen molar-refractivity contribution in [1.82, 2.24) is 0 Å². The Kier molecular flexibility index (Phi) is 2.83. The van der Waals surface area contributed by atoms with Crippen LogP contribution in [0.15, 0.2) is 12.2 Å². The fourth-order valence-electron chi connectivity index (χ4n) is 3.62. The van der Waals surface area contributed by atoms with Gasteiger partial charge in [-0.25, -0.2) is 4.79 Å². The van der Waals surface area contributed by atoms with Gasteiger partial charge in [0.25, 0.3) is 0 Å². The zero-order chi connectivity index (χ0) is 13.8. The third kappa shape index (κ3) is 2.12. The van der Waals surface area contributed by atoms with Crippen LogP contribution in [0.25, 0.3) is 0 Å². The number of ether oxygens (including phenoxy) is 2. The molecule has 0 aromatic heterocycles. The van der Waals surface area contributed by atoms with Crippen LogP contribution in [0.5, 0.6) is 0 Å². The van der Waals surface area contributed by atoms with Crippen molar-refractivity contribution in [2.75, 3.05) is 0 Å². The van der Waals surface area contributed by atoms with Crippen molar-refractivity contribution in [1.29, 1.82) is 0 Å². The minimum absolute atomic E-state index is 0.180. The Bertz CT molecular complexity index is 426. The number of esters is 1. The minimum Gasteiger partial charge on any atom is -0.458 e. The molecule has 5 unspecified atom stereocenters. The van der Waals surface area contributed by atoms with E-state index in [1.807, 2.05) is 20.8 Å². The Balaban J connectivity index is 1.64. The molecule has 2 aliphatic carbocycles. The number of hydrogen-bond donors (Lipinski definition) is 0. The molecular weight excluding hydrogens is 240 g/mol. The van der Waals surface area contributed by atoms with Crippen molar-refractivity contribution in [3.8, 4) is 0 Å². The first-order chi connectivity index (χ1) is 8.86. The molecule has 5 atom stereocenters. The van der Waals surface area contributed by atoms with Crippen molar-refractivity contribution in [3.63, 3.8) is 0 Å². The summed E-state index contributed by atoms with van der Waals surface area (Å²) < 4.78 is 11.3. The number of carbonyl (C=O) groups excluding carboxylic acids is 1. The molecule has 0 amide bonds. The summed E-state index contributed by atoms with van der Waals surface area (Å²) in [5.41, 5.74) is -0.677. The highest BCUT2D eigenvalue weighted by molar-refractivity contribution is 5.79. The maximum atomic E-state index is 12.2. The average molecular weight is 264 g/mol. The van der Waals surface area contributed by atoms with E-state index < -0.39 is 5.60 Å². The van der Waals surface area contributed by atoms with Crippen molar-refractivity contribution < 1.29 is 14.3 Å². The normalized spacial score (nSPS) is 43.6. The Labute approximate surface area is 115 Å².